The Morgan fingerprint density at radius 3 is 2.18 bits per heavy atom. The van der Waals surface area contributed by atoms with Crippen LogP contribution >= 0.6 is 0 Å². The molecule has 9 heteroatoms. The highest BCUT2D eigenvalue weighted by molar-refractivity contribution is 6.37. The van der Waals surface area contributed by atoms with Gasteiger partial charge in [0.1, 0.15) is 5.75 Å². The van der Waals surface area contributed by atoms with Gasteiger partial charge >= 0.3 is 18.2 Å². The summed E-state index contributed by atoms with van der Waals surface area (Å²) in [5.74, 6) is -2.30. The Bertz CT molecular complexity index is 878. The molecule has 0 aliphatic heterocycles. The lowest BCUT2D eigenvalue weighted by molar-refractivity contribution is -0.274. The second kappa shape index (κ2) is 8.20. The molecule has 2 aromatic rings. The average molecular weight is 396 g/mol. The molecule has 0 atom stereocenters. The van der Waals surface area contributed by atoms with Gasteiger partial charge < -0.3 is 19.7 Å². The number of aryl methyl sites for hydroxylation is 1. The minimum atomic E-state index is -4.77. The molecule has 2 aromatic carbocycles. The van der Waals surface area contributed by atoms with Crippen molar-refractivity contribution in [3.05, 3.63) is 42.0 Å². The van der Waals surface area contributed by atoms with E-state index < -0.39 is 18.2 Å². The molecule has 28 heavy (non-hydrogen) atoms. The Morgan fingerprint density at radius 1 is 1.07 bits per heavy atom. The Kier molecular flexibility index (Phi) is 6.17. The topological polar surface area (TPSA) is 67.9 Å². The van der Waals surface area contributed by atoms with E-state index in [1.165, 1.54) is 24.3 Å². The summed E-state index contributed by atoms with van der Waals surface area (Å²) in [5, 5.41) is 2.47. The second-order valence-electron chi connectivity index (χ2n) is 6.10. The van der Waals surface area contributed by atoms with Crippen molar-refractivity contribution in [3.8, 4) is 16.9 Å². The van der Waals surface area contributed by atoms with Gasteiger partial charge in [0.05, 0.1) is 7.11 Å². The summed E-state index contributed by atoms with van der Waals surface area (Å²) in [4.78, 5) is 25.0. The average Bonchev–Trinajstić information content (AvgIpc) is 2.61. The number of nitrogens with one attached hydrogen (secondary N) is 1. The number of carbonyl (C=O) groups excluding carboxylic acids is 2. The van der Waals surface area contributed by atoms with Crippen LogP contribution in [0, 0.1) is 6.92 Å². The second-order valence-corrected chi connectivity index (χ2v) is 6.10. The first-order chi connectivity index (χ1) is 13.0. The van der Waals surface area contributed by atoms with Crippen molar-refractivity contribution >= 4 is 23.3 Å². The molecule has 150 valence electrons. The van der Waals surface area contributed by atoms with E-state index in [1.807, 2.05) is 19.0 Å². The Hall–Kier alpha value is -3.23. The predicted octanol–water partition coefficient (Wildman–Crippen LogP) is 3.74. The number of halogens is 3. The van der Waals surface area contributed by atoms with Gasteiger partial charge in [-0.2, -0.15) is 0 Å². The van der Waals surface area contributed by atoms with E-state index in [0.717, 1.165) is 12.8 Å². The molecule has 0 bridgehead atoms. The number of alkyl halides is 3. The number of ether oxygens (including phenoxy) is 2. The van der Waals surface area contributed by atoms with Crippen molar-refractivity contribution in [1.82, 2.24) is 0 Å². The van der Waals surface area contributed by atoms with Gasteiger partial charge in [0, 0.05) is 31.0 Å². The number of hydrogen-bond acceptors (Lipinski definition) is 5. The molecule has 0 fully saturated rings. The van der Waals surface area contributed by atoms with Gasteiger partial charge in [0.25, 0.3) is 0 Å². The van der Waals surface area contributed by atoms with Crippen LogP contribution in [0.4, 0.5) is 24.5 Å². The summed E-state index contributed by atoms with van der Waals surface area (Å²) in [5.41, 5.74) is 3.10. The highest BCUT2D eigenvalue weighted by Crippen LogP contribution is 2.36. The molecular weight excluding hydrogens is 377 g/mol. The molecule has 0 spiro atoms. The first-order valence-electron chi connectivity index (χ1n) is 8.09. The van der Waals surface area contributed by atoms with Crippen LogP contribution in [0.1, 0.15) is 5.56 Å². The number of carbonyl (C=O) groups is 2. The van der Waals surface area contributed by atoms with Crippen LogP contribution in [-0.2, 0) is 14.3 Å². The van der Waals surface area contributed by atoms with Crippen molar-refractivity contribution in [2.24, 2.45) is 0 Å². The maximum atomic E-state index is 12.3. The van der Waals surface area contributed by atoms with Crippen LogP contribution in [0.15, 0.2) is 36.4 Å². The summed E-state index contributed by atoms with van der Waals surface area (Å²) in [7, 11) is 4.72. The van der Waals surface area contributed by atoms with Crippen LogP contribution in [0.3, 0.4) is 0 Å². The van der Waals surface area contributed by atoms with Gasteiger partial charge in [0.15, 0.2) is 0 Å². The number of anilines is 2. The first-order valence-corrected chi connectivity index (χ1v) is 8.09. The molecule has 1 amide bonds. The molecule has 0 saturated carbocycles. The molecule has 0 radical (unpaired) electrons. The van der Waals surface area contributed by atoms with Crippen LogP contribution < -0.4 is 15.0 Å². The maximum Gasteiger partial charge on any atom is 0.573 e. The fourth-order valence-electron chi connectivity index (χ4n) is 2.53. The van der Waals surface area contributed by atoms with E-state index in [4.69, 9.17) is 0 Å². The fourth-order valence-corrected chi connectivity index (χ4v) is 2.53. The van der Waals surface area contributed by atoms with Crippen LogP contribution in [0.2, 0.25) is 0 Å². The highest BCUT2D eigenvalue weighted by atomic mass is 19.4. The Labute approximate surface area is 159 Å². The van der Waals surface area contributed by atoms with E-state index >= 15 is 0 Å². The van der Waals surface area contributed by atoms with Gasteiger partial charge in [-0.1, -0.05) is 12.1 Å². The number of nitrogens with zero attached hydrogens (tertiary/aromatic N) is 1. The molecule has 0 aromatic heterocycles. The minimum absolute atomic E-state index is 0.339. The third-order valence-electron chi connectivity index (χ3n) is 3.84. The van der Waals surface area contributed by atoms with E-state index in [1.54, 1.807) is 19.1 Å². The Morgan fingerprint density at radius 2 is 1.68 bits per heavy atom. The Balaban J connectivity index is 2.45. The molecule has 6 nitrogen and oxygen atoms in total. The van der Waals surface area contributed by atoms with Crippen molar-refractivity contribution in [2.45, 2.75) is 13.3 Å². The normalized spacial score (nSPS) is 11.0. The standard InChI is InChI=1S/C19H19F3N2O4/c1-11-9-16(24(2)3)14(10-15(11)23-17(25)18(26)27-4)12-5-7-13(8-6-12)28-19(20,21)22/h5-10H,1-4H3,(H,23,25). The van der Waals surface area contributed by atoms with Crippen LogP contribution in [0.5, 0.6) is 5.75 Å². The van der Waals surface area contributed by atoms with Crippen molar-refractivity contribution in [1.29, 1.82) is 0 Å². The lowest BCUT2D eigenvalue weighted by Crippen LogP contribution is -2.24. The number of esters is 1. The molecule has 0 aliphatic rings. The van der Waals surface area contributed by atoms with Gasteiger partial charge in [-0.15, -0.1) is 13.2 Å². The summed E-state index contributed by atoms with van der Waals surface area (Å²) in [6, 6.07) is 8.80. The largest absolute Gasteiger partial charge is 0.573 e. The van der Waals surface area contributed by atoms with E-state index in [9.17, 15) is 22.8 Å². The molecule has 1 N–H and O–H groups in total. The van der Waals surface area contributed by atoms with E-state index in [2.05, 4.69) is 14.8 Å². The summed E-state index contributed by atoms with van der Waals surface area (Å²) >= 11 is 0. The molecule has 0 aliphatic carbocycles. The molecule has 0 unspecified atom stereocenters. The summed E-state index contributed by atoms with van der Waals surface area (Å²) in [6.07, 6.45) is -4.77. The van der Waals surface area contributed by atoms with Crippen LogP contribution in [0.25, 0.3) is 11.1 Å². The third kappa shape index (κ3) is 5.15. The van der Waals surface area contributed by atoms with Gasteiger partial charge in [-0.05, 0) is 42.3 Å². The van der Waals surface area contributed by atoms with Gasteiger partial charge in [0.2, 0.25) is 0 Å². The lowest BCUT2D eigenvalue weighted by atomic mass is 9.99. The third-order valence-corrected chi connectivity index (χ3v) is 3.84. The number of rotatable bonds is 4. The molecule has 0 heterocycles. The molecule has 0 saturated heterocycles. The van der Waals surface area contributed by atoms with Gasteiger partial charge in [-0.25, -0.2) is 4.79 Å². The maximum absolute atomic E-state index is 12.3. The predicted molar refractivity (Wildman–Crippen MR) is 98.3 cm³/mol. The van der Waals surface area contributed by atoms with Crippen molar-refractivity contribution in [2.75, 3.05) is 31.4 Å². The van der Waals surface area contributed by atoms with Crippen molar-refractivity contribution in [3.63, 3.8) is 0 Å². The zero-order valence-corrected chi connectivity index (χ0v) is 15.7. The highest BCUT2D eigenvalue weighted by Gasteiger charge is 2.31. The number of methoxy groups -OCH3 is 1. The summed E-state index contributed by atoms with van der Waals surface area (Å²) < 4.78 is 45.3. The van der Waals surface area contributed by atoms with Crippen LogP contribution in [-0.4, -0.2) is 39.4 Å². The van der Waals surface area contributed by atoms with E-state index in [-0.39, 0.29) is 5.75 Å². The zero-order valence-electron chi connectivity index (χ0n) is 15.7. The number of amides is 1. The fraction of sp³-hybridized carbons (Fsp3) is 0.263. The SMILES string of the molecule is COC(=O)C(=O)Nc1cc(-c2ccc(OC(F)(F)F)cc2)c(N(C)C)cc1C. The van der Waals surface area contributed by atoms with Crippen molar-refractivity contribution < 1.29 is 32.2 Å². The number of hydrogen-bond donors (Lipinski definition) is 1. The molecule has 2 rings (SSSR count). The smallest absolute Gasteiger partial charge is 0.462 e. The van der Waals surface area contributed by atoms with Gasteiger partial charge in [-0.3, -0.25) is 4.79 Å². The monoisotopic (exact) mass is 396 g/mol. The first kappa shape index (κ1) is 21.1. The lowest BCUT2D eigenvalue weighted by Gasteiger charge is -2.21. The minimum Gasteiger partial charge on any atom is -0.462 e. The summed E-state index contributed by atoms with van der Waals surface area (Å²) in [6.45, 7) is 1.75. The number of benzene rings is 2. The molecular formula is C19H19F3N2O4. The van der Waals surface area contributed by atoms with E-state index in [0.29, 0.717) is 22.4 Å². The zero-order chi connectivity index (χ0) is 21.1. The quantitative estimate of drug-likeness (QED) is 0.630.